The van der Waals surface area contributed by atoms with Crippen molar-refractivity contribution in [3.05, 3.63) is 65.7 Å². The number of urea groups is 1. The SMILES string of the molecule is CC(C)CC(CNC(Cc1ccc(OCc2ccccc2)cc1)C(=O)NC(C)(C)C)NC(=O)N1CCCCCC1. The summed E-state index contributed by atoms with van der Waals surface area (Å²) in [7, 11) is 0. The van der Waals surface area contributed by atoms with Crippen LogP contribution in [0, 0.1) is 5.92 Å². The van der Waals surface area contributed by atoms with Gasteiger partial charge in [0.1, 0.15) is 12.4 Å². The number of hydrogen-bond acceptors (Lipinski definition) is 4. The van der Waals surface area contributed by atoms with Crippen molar-refractivity contribution >= 4 is 11.9 Å². The van der Waals surface area contributed by atoms with Crippen molar-refractivity contribution in [1.82, 2.24) is 20.9 Å². The maximum Gasteiger partial charge on any atom is 0.317 e. The zero-order valence-electron chi connectivity index (χ0n) is 25.2. The molecule has 0 aliphatic carbocycles. The largest absolute Gasteiger partial charge is 0.489 e. The monoisotopic (exact) mass is 550 g/mol. The summed E-state index contributed by atoms with van der Waals surface area (Å²) in [6.07, 6.45) is 5.87. The Morgan fingerprint density at radius 3 is 2.15 bits per heavy atom. The minimum atomic E-state index is -0.430. The van der Waals surface area contributed by atoms with E-state index < -0.39 is 6.04 Å². The zero-order valence-corrected chi connectivity index (χ0v) is 25.2. The fourth-order valence-electron chi connectivity index (χ4n) is 5.00. The lowest BCUT2D eigenvalue weighted by molar-refractivity contribution is -0.124. The predicted molar refractivity (Wildman–Crippen MR) is 162 cm³/mol. The third kappa shape index (κ3) is 11.6. The van der Waals surface area contributed by atoms with Gasteiger partial charge in [-0.2, -0.15) is 0 Å². The number of carbonyl (C=O) groups excluding carboxylic acids is 2. The molecule has 2 unspecified atom stereocenters. The second-order valence-electron chi connectivity index (χ2n) is 12.5. The molecule has 2 aromatic rings. The van der Waals surface area contributed by atoms with Crippen LogP contribution in [0.15, 0.2) is 54.6 Å². The Bertz CT molecular complexity index is 1030. The second kappa shape index (κ2) is 15.7. The number of benzene rings is 2. The minimum absolute atomic E-state index is 0.0103. The number of ether oxygens (including phenoxy) is 1. The van der Waals surface area contributed by atoms with E-state index in [4.69, 9.17) is 4.74 Å². The number of amides is 3. The molecular formula is C33H50N4O3. The molecule has 0 spiro atoms. The van der Waals surface area contributed by atoms with Crippen LogP contribution in [-0.4, -0.2) is 54.1 Å². The van der Waals surface area contributed by atoms with Gasteiger partial charge >= 0.3 is 6.03 Å². The Labute approximate surface area is 241 Å². The Kier molecular flexibility index (Phi) is 12.3. The first kappa shape index (κ1) is 31.5. The van der Waals surface area contributed by atoms with Gasteiger partial charge in [0.15, 0.2) is 0 Å². The summed E-state index contributed by atoms with van der Waals surface area (Å²) in [5, 5.41) is 9.90. The van der Waals surface area contributed by atoms with E-state index in [1.165, 1.54) is 12.8 Å². The van der Waals surface area contributed by atoms with Crippen LogP contribution in [0.3, 0.4) is 0 Å². The number of nitrogens with zero attached hydrogens (tertiary/aromatic N) is 1. The predicted octanol–water partition coefficient (Wildman–Crippen LogP) is 5.68. The number of likely N-dealkylation sites (tertiary alicyclic amines) is 1. The average Bonchev–Trinajstić information content (AvgIpc) is 3.19. The Balaban J connectivity index is 1.64. The van der Waals surface area contributed by atoms with Crippen molar-refractivity contribution in [3.63, 3.8) is 0 Å². The molecule has 3 amide bonds. The van der Waals surface area contributed by atoms with Gasteiger partial charge in [-0.25, -0.2) is 4.79 Å². The molecule has 1 saturated heterocycles. The number of nitrogens with one attached hydrogen (secondary N) is 3. The Morgan fingerprint density at radius 2 is 1.55 bits per heavy atom. The lowest BCUT2D eigenvalue weighted by Crippen LogP contribution is -2.55. The molecule has 7 nitrogen and oxygen atoms in total. The lowest BCUT2D eigenvalue weighted by atomic mass is 10.0. The molecule has 0 saturated carbocycles. The summed E-state index contributed by atoms with van der Waals surface area (Å²) in [6, 6.07) is 17.6. The van der Waals surface area contributed by atoms with Crippen molar-refractivity contribution in [2.24, 2.45) is 5.92 Å². The van der Waals surface area contributed by atoms with Crippen molar-refractivity contribution in [2.45, 2.75) is 97.4 Å². The number of carbonyl (C=O) groups is 2. The first-order valence-corrected chi connectivity index (χ1v) is 15.0. The van der Waals surface area contributed by atoms with Gasteiger partial charge in [0, 0.05) is 31.2 Å². The molecule has 2 atom stereocenters. The molecule has 0 aromatic heterocycles. The van der Waals surface area contributed by atoms with E-state index in [0.717, 1.165) is 49.2 Å². The normalized spacial score (nSPS) is 15.7. The third-order valence-electron chi connectivity index (χ3n) is 7.01. The average molecular weight is 551 g/mol. The van der Waals surface area contributed by atoms with Crippen LogP contribution in [0.25, 0.3) is 0 Å². The van der Waals surface area contributed by atoms with Gasteiger partial charge in [0.2, 0.25) is 5.91 Å². The van der Waals surface area contributed by atoms with Crippen molar-refractivity contribution in [3.8, 4) is 5.75 Å². The molecule has 40 heavy (non-hydrogen) atoms. The van der Waals surface area contributed by atoms with Crippen molar-refractivity contribution in [2.75, 3.05) is 19.6 Å². The van der Waals surface area contributed by atoms with Crippen LogP contribution >= 0.6 is 0 Å². The summed E-state index contributed by atoms with van der Waals surface area (Å²) in [5.74, 6) is 1.17. The highest BCUT2D eigenvalue weighted by Gasteiger charge is 2.26. The standard InChI is InChI=1S/C33H50N4O3/c1-25(2)21-28(35-32(39)37-19-11-6-7-12-20-37)23-34-30(31(38)36-33(3,4)5)22-26-15-17-29(18-16-26)40-24-27-13-9-8-10-14-27/h8-10,13-18,25,28,30,34H,6-7,11-12,19-24H2,1-5H3,(H,35,39)(H,36,38). The topological polar surface area (TPSA) is 82.7 Å². The van der Waals surface area contributed by atoms with E-state index in [1.54, 1.807) is 0 Å². The highest BCUT2D eigenvalue weighted by atomic mass is 16.5. The van der Waals surface area contributed by atoms with Crippen molar-refractivity contribution in [1.29, 1.82) is 0 Å². The molecule has 2 aromatic carbocycles. The molecule has 1 heterocycles. The van der Waals surface area contributed by atoms with Crippen LogP contribution in [-0.2, 0) is 17.8 Å². The van der Waals surface area contributed by atoms with Gasteiger partial charge < -0.3 is 25.6 Å². The first-order chi connectivity index (χ1) is 19.1. The Morgan fingerprint density at radius 1 is 0.900 bits per heavy atom. The van der Waals surface area contributed by atoms with Crippen LogP contribution in [0.4, 0.5) is 4.79 Å². The molecule has 220 valence electrons. The van der Waals surface area contributed by atoms with E-state index in [0.29, 0.717) is 25.5 Å². The molecule has 3 N–H and O–H groups in total. The van der Waals surface area contributed by atoms with Crippen molar-refractivity contribution < 1.29 is 14.3 Å². The molecule has 0 radical (unpaired) electrons. The van der Waals surface area contributed by atoms with Gasteiger partial charge in [0.05, 0.1) is 6.04 Å². The number of rotatable bonds is 12. The van der Waals surface area contributed by atoms with E-state index in [-0.39, 0.29) is 23.5 Å². The minimum Gasteiger partial charge on any atom is -0.489 e. The second-order valence-corrected chi connectivity index (χ2v) is 12.5. The molecular weight excluding hydrogens is 500 g/mol. The van der Waals surface area contributed by atoms with Gasteiger partial charge in [-0.1, -0.05) is 69.2 Å². The van der Waals surface area contributed by atoms with Gasteiger partial charge in [-0.3, -0.25) is 4.79 Å². The maximum absolute atomic E-state index is 13.3. The first-order valence-electron chi connectivity index (χ1n) is 15.0. The smallest absolute Gasteiger partial charge is 0.317 e. The molecule has 0 bridgehead atoms. The quantitative estimate of drug-likeness (QED) is 0.318. The summed E-state index contributed by atoms with van der Waals surface area (Å²) in [5.41, 5.74) is 1.82. The molecule has 1 fully saturated rings. The summed E-state index contributed by atoms with van der Waals surface area (Å²) >= 11 is 0. The lowest BCUT2D eigenvalue weighted by Gasteiger charge is -2.29. The van der Waals surface area contributed by atoms with Crippen LogP contribution in [0.2, 0.25) is 0 Å². The van der Waals surface area contributed by atoms with E-state index in [9.17, 15) is 9.59 Å². The van der Waals surface area contributed by atoms with Crippen LogP contribution in [0.5, 0.6) is 5.75 Å². The van der Waals surface area contributed by atoms with E-state index in [2.05, 4.69) is 29.8 Å². The summed E-state index contributed by atoms with van der Waals surface area (Å²) in [4.78, 5) is 28.4. The number of hydrogen-bond donors (Lipinski definition) is 3. The molecule has 1 aliphatic rings. The summed E-state index contributed by atoms with van der Waals surface area (Å²) in [6.45, 7) is 13.0. The van der Waals surface area contributed by atoms with Gasteiger partial charge in [-0.15, -0.1) is 0 Å². The fourth-order valence-corrected chi connectivity index (χ4v) is 5.00. The van der Waals surface area contributed by atoms with Gasteiger partial charge in [0.25, 0.3) is 0 Å². The van der Waals surface area contributed by atoms with E-state index in [1.807, 2.05) is 80.3 Å². The van der Waals surface area contributed by atoms with Gasteiger partial charge in [-0.05, 0) is 75.6 Å². The highest BCUT2D eigenvalue weighted by Crippen LogP contribution is 2.16. The Hall–Kier alpha value is -3.06. The molecule has 7 heteroatoms. The van der Waals surface area contributed by atoms with Crippen LogP contribution in [0.1, 0.15) is 77.8 Å². The maximum atomic E-state index is 13.3. The summed E-state index contributed by atoms with van der Waals surface area (Å²) < 4.78 is 5.94. The molecule has 1 aliphatic heterocycles. The molecule has 3 rings (SSSR count). The third-order valence-corrected chi connectivity index (χ3v) is 7.01. The highest BCUT2D eigenvalue weighted by molar-refractivity contribution is 5.82. The van der Waals surface area contributed by atoms with E-state index >= 15 is 0 Å². The fraction of sp³-hybridized carbons (Fsp3) is 0.576. The van der Waals surface area contributed by atoms with Crippen LogP contribution < -0.4 is 20.7 Å². The zero-order chi connectivity index (χ0) is 29.0.